The molecule has 1 aromatic rings. The molecule has 2 N–H and O–H groups in total. The Morgan fingerprint density at radius 3 is 2.53 bits per heavy atom. The molecule has 0 radical (unpaired) electrons. The van der Waals surface area contributed by atoms with E-state index in [-0.39, 0.29) is 5.91 Å². The first-order valence-corrected chi connectivity index (χ1v) is 5.98. The molecule has 5 heteroatoms. The fourth-order valence-electron chi connectivity index (χ4n) is 1.87. The van der Waals surface area contributed by atoms with E-state index >= 15 is 0 Å². The number of nitrogens with two attached hydrogens (primary N) is 1. The van der Waals surface area contributed by atoms with Gasteiger partial charge >= 0.3 is 0 Å². The third-order valence-corrected chi connectivity index (χ3v) is 3.38. The summed E-state index contributed by atoms with van der Waals surface area (Å²) >= 11 is 5.83. The molecule has 1 aliphatic heterocycles. The zero-order valence-electron chi connectivity index (χ0n) is 9.82. The summed E-state index contributed by atoms with van der Waals surface area (Å²) < 4.78 is 0. The standard InChI is InChI=1S/C12H16ClN3O/c1-15-4-6-16(7-5-15)12(17)9-2-3-10(13)11(14)8-9/h2-3,8H,4-7,14H2,1H3. The third kappa shape index (κ3) is 2.70. The summed E-state index contributed by atoms with van der Waals surface area (Å²) in [5.74, 6) is 0.0291. The van der Waals surface area contributed by atoms with Crippen LogP contribution < -0.4 is 5.73 Å². The van der Waals surface area contributed by atoms with E-state index in [0.29, 0.717) is 16.3 Å². The smallest absolute Gasteiger partial charge is 0.254 e. The highest BCUT2D eigenvalue weighted by atomic mass is 35.5. The Bertz CT molecular complexity index is 428. The van der Waals surface area contributed by atoms with Gasteiger partial charge in [0.2, 0.25) is 0 Å². The van der Waals surface area contributed by atoms with Crippen LogP contribution in [0, 0.1) is 0 Å². The molecule has 1 amide bonds. The highest BCUT2D eigenvalue weighted by Gasteiger charge is 2.20. The van der Waals surface area contributed by atoms with Crippen LogP contribution in [0.25, 0.3) is 0 Å². The number of hydrogen-bond acceptors (Lipinski definition) is 3. The lowest BCUT2D eigenvalue weighted by molar-refractivity contribution is 0.0664. The van der Waals surface area contributed by atoms with Crippen LogP contribution >= 0.6 is 11.6 Å². The molecule has 1 aliphatic rings. The van der Waals surface area contributed by atoms with Gasteiger partial charge in [-0.05, 0) is 25.2 Å². The van der Waals surface area contributed by atoms with Crippen LogP contribution in [0.3, 0.4) is 0 Å². The normalized spacial score (nSPS) is 17.2. The molecule has 0 aromatic heterocycles. The predicted octanol–water partition coefficient (Wildman–Crippen LogP) is 1.31. The summed E-state index contributed by atoms with van der Waals surface area (Å²) in [4.78, 5) is 16.2. The lowest BCUT2D eigenvalue weighted by Gasteiger charge is -2.32. The van der Waals surface area contributed by atoms with Gasteiger partial charge in [0, 0.05) is 31.7 Å². The van der Waals surface area contributed by atoms with Crippen LogP contribution in [-0.4, -0.2) is 48.9 Å². The molecule has 1 heterocycles. The van der Waals surface area contributed by atoms with Crippen molar-refractivity contribution in [3.8, 4) is 0 Å². The maximum absolute atomic E-state index is 12.2. The number of hydrogen-bond donors (Lipinski definition) is 1. The minimum Gasteiger partial charge on any atom is -0.398 e. The van der Waals surface area contributed by atoms with Gasteiger partial charge in [-0.3, -0.25) is 4.79 Å². The van der Waals surface area contributed by atoms with Gasteiger partial charge in [-0.25, -0.2) is 0 Å². The Morgan fingerprint density at radius 2 is 1.94 bits per heavy atom. The van der Waals surface area contributed by atoms with E-state index in [9.17, 15) is 4.79 Å². The zero-order valence-corrected chi connectivity index (χ0v) is 10.6. The number of piperazine rings is 1. The second-order valence-corrected chi connectivity index (χ2v) is 4.74. The Hall–Kier alpha value is -1.26. The molecule has 0 atom stereocenters. The van der Waals surface area contributed by atoms with Gasteiger partial charge in [-0.15, -0.1) is 0 Å². The number of likely N-dealkylation sites (N-methyl/N-ethyl adjacent to an activating group) is 1. The maximum Gasteiger partial charge on any atom is 0.254 e. The lowest BCUT2D eigenvalue weighted by atomic mass is 10.1. The van der Waals surface area contributed by atoms with Crippen LogP contribution in [0.5, 0.6) is 0 Å². The summed E-state index contributed by atoms with van der Waals surface area (Å²) in [5, 5.41) is 0.486. The summed E-state index contributed by atoms with van der Waals surface area (Å²) in [6.07, 6.45) is 0. The van der Waals surface area contributed by atoms with Gasteiger partial charge in [0.15, 0.2) is 0 Å². The second kappa shape index (κ2) is 4.94. The Balaban J connectivity index is 2.11. The number of carbonyl (C=O) groups excluding carboxylic acids is 1. The van der Waals surface area contributed by atoms with Crippen LogP contribution in [0.1, 0.15) is 10.4 Å². The number of carbonyl (C=O) groups is 1. The van der Waals surface area contributed by atoms with Gasteiger partial charge in [-0.1, -0.05) is 11.6 Å². The van der Waals surface area contributed by atoms with Gasteiger partial charge in [0.25, 0.3) is 5.91 Å². The number of rotatable bonds is 1. The molecule has 1 saturated heterocycles. The van der Waals surface area contributed by atoms with Crippen LogP contribution in [-0.2, 0) is 0 Å². The van der Waals surface area contributed by atoms with Gasteiger partial charge in [0.1, 0.15) is 0 Å². The average molecular weight is 254 g/mol. The fraction of sp³-hybridized carbons (Fsp3) is 0.417. The summed E-state index contributed by atoms with van der Waals surface area (Å²) in [6.45, 7) is 3.35. The van der Waals surface area contributed by atoms with E-state index in [0.717, 1.165) is 26.2 Å². The van der Waals surface area contributed by atoms with Crippen molar-refractivity contribution in [2.45, 2.75) is 0 Å². The highest BCUT2D eigenvalue weighted by Crippen LogP contribution is 2.20. The molecular formula is C12H16ClN3O. The zero-order chi connectivity index (χ0) is 12.4. The number of amides is 1. The Kier molecular flexibility index (Phi) is 3.54. The van der Waals surface area contributed by atoms with E-state index < -0.39 is 0 Å². The molecule has 1 fully saturated rings. The van der Waals surface area contributed by atoms with Crippen LogP contribution in [0.2, 0.25) is 5.02 Å². The number of nitrogen functional groups attached to an aromatic ring is 1. The van der Waals surface area contributed by atoms with Crippen molar-refractivity contribution >= 4 is 23.2 Å². The van der Waals surface area contributed by atoms with Crippen molar-refractivity contribution in [1.29, 1.82) is 0 Å². The second-order valence-electron chi connectivity index (χ2n) is 4.33. The van der Waals surface area contributed by atoms with Crippen molar-refractivity contribution in [3.05, 3.63) is 28.8 Å². The largest absolute Gasteiger partial charge is 0.398 e. The van der Waals surface area contributed by atoms with Crippen molar-refractivity contribution in [2.24, 2.45) is 0 Å². The van der Waals surface area contributed by atoms with Crippen molar-refractivity contribution in [1.82, 2.24) is 9.80 Å². The number of halogens is 1. The quantitative estimate of drug-likeness (QED) is 0.768. The molecule has 0 spiro atoms. The molecule has 1 aromatic carbocycles. The summed E-state index contributed by atoms with van der Waals surface area (Å²) in [7, 11) is 2.06. The van der Waals surface area contributed by atoms with Crippen molar-refractivity contribution in [2.75, 3.05) is 39.0 Å². The minimum atomic E-state index is 0.0291. The molecule has 17 heavy (non-hydrogen) atoms. The van der Waals surface area contributed by atoms with Gasteiger partial charge < -0.3 is 15.5 Å². The van der Waals surface area contributed by atoms with E-state index in [1.54, 1.807) is 18.2 Å². The maximum atomic E-state index is 12.2. The first-order chi connectivity index (χ1) is 8.08. The van der Waals surface area contributed by atoms with E-state index in [1.807, 2.05) is 4.90 Å². The monoisotopic (exact) mass is 253 g/mol. The van der Waals surface area contributed by atoms with Crippen LogP contribution in [0.15, 0.2) is 18.2 Å². The van der Waals surface area contributed by atoms with E-state index in [1.165, 1.54) is 0 Å². The van der Waals surface area contributed by atoms with E-state index in [2.05, 4.69) is 11.9 Å². The SMILES string of the molecule is CN1CCN(C(=O)c2ccc(Cl)c(N)c2)CC1. The minimum absolute atomic E-state index is 0.0291. The Morgan fingerprint density at radius 1 is 1.29 bits per heavy atom. The molecular weight excluding hydrogens is 238 g/mol. The fourth-order valence-corrected chi connectivity index (χ4v) is 1.99. The first kappa shape index (κ1) is 12.2. The highest BCUT2D eigenvalue weighted by molar-refractivity contribution is 6.33. The lowest BCUT2D eigenvalue weighted by Crippen LogP contribution is -2.47. The number of anilines is 1. The molecule has 0 unspecified atom stereocenters. The topological polar surface area (TPSA) is 49.6 Å². The Labute approximate surface area is 106 Å². The molecule has 92 valence electrons. The van der Waals surface area contributed by atoms with Crippen molar-refractivity contribution < 1.29 is 4.79 Å². The summed E-state index contributed by atoms with van der Waals surface area (Å²) in [6, 6.07) is 5.03. The molecule has 2 rings (SSSR count). The molecule has 0 bridgehead atoms. The summed E-state index contributed by atoms with van der Waals surface area (Å²) in [5.41, 5.74) is 6.76. The average Bonchev–Trinajstić information content (AvgIpc) is 2.33. The van der Waals surface area contributed by atoms with Crippen molar-refractivity contribution in [3.63, 3.8) is 0 Å². The van der Waals surface area contributed by atoms with Gasteiger partial charge in [0.05, 0.1) is 10.7 Å². The number of benzene rings is 1. The molecule has 0 aliphatic carbocycles. The third-order valence-electron chi connectivity index (χ3n) is 3.03. The predicted molar refractivity (Wildman–Crippen MR) is 69.3 cm³/mol. The molecule has 0 saturated carbocycles. The van der Waals surface area contributed by atoms with Gasteiger partial charge in [-0.2, -0.15) is 0 Å². The van der Waals surface area contributed by atoms with E-state index in [4.69, 9.17) is 17.3 Å². The van der Waals surface area contributed by atoms with Crippen LogP contribution in [0.4, 0.5) is 5.69 Å². The number of nitrogens with zero attached hydrogens (tertiary/aromatic N) is 2. The molecule has 4 nitrogen and oxygen atoms in total. The first-order valence-electron chi connectivity index (χ1n) is 5.61.